The standard InChI is InChI=1S/C11H10N2O4/c14-7-1-2-8-6(3-7)4-9(13-8)11(17)12-5-10(15)16/h1-4,13-14H,5H2,(H,12,17)(H,15,16). The molecule has 0 spiro atoms. The largest absolute Gasteiger partial charge is 0.508 e. The van der Waals surface area contributed by atoms with E-state index in [1.54, 1.807) is 12.1 Å². The third kappa shape index (κ3) is 2.36. The molecule has 6 nitrogen and oxygen atoms in total. The van der Waals surface area contributed by atoms with Gasteiger partial charge in [0.05, 0.1) is 0 Å². The molecular weight excluding hydrogens is 224 g/mol. The quantitative estimate of drug-likeness (QED) is 0.627. The van der Waals surface area contributed by atoms with Crippen LogP contribution in [0.4, 0.5) is 0 Å². The van der Waals surface area contributed by atoms with E-state index in [0.717, 1.165) is 0 Å². The molecule has 0 bridgehead atoms. The van der Waals surface area contributed by atoms with Crippen molar-refractivity contribution in [3.63, 3.8) is 0 Å². The Balaban J connectivity index is 2.24. The Labute approximate surface area is 95.9 Å². The van der Waals surface area contributed by atoms with Gasteiger partial charge in [-0.2, -0.15) is 0 Å². The predicted molar refractivity (Wildman–Crippen MR) is 59.9 cm³/mol. The molecule has 2 aromatic rings. The van der Waals surface area contributed by atoms with Crippen molar-refractivity contribution in [3.05, 3.63) is 30.0 Å². The molecule has 4 N–H and O–H groups in total. The van der Waals surface area contributed by atoms with Gasteiger partial charge in [-0.15, -0.1) is 0 Å². The summed E-state index contributed by atoms with van der Waals surface area (Å²) >= 11 is 0. The Morgan fingerprint density at radius 2 is 2.06 bits per heavy atom. The van der Waals surface area contributed by atoms with Gasteiger partial charge in [-0.3, -0.25) is 9.59 Å². The van der Waals surface area contributed by atoms with Crippen molar-refractivity contribution in [1.82, 2.24) is 10.3 Å². The minimum Gasteiger partial charge on any atom is -0.508 e. The van der Waals surface area contributed by atoms with Crippen LogP contribution in [0.5, 0.6) is 5.75 Å². The second-order valence-corrected chi connectivity index (χ2v) is 3.53. The van der Waals surface area contributed by atoms with Gasteiger partial charge in [-0.25, -0.2) is 0 Å². The van der Waals surface area contributed by atoms with Crippen molar-refractivity contribution in [2.45, 2.75) is 0 Å². The number of nitrogens with one attached hydrogen (secondary N) is 2. The Morgan fingerprint density at radius 1 is 1.29 bits per heavy atom. The zero-order chi connectivity index (χ0) is 12.4. The number of fused-ring (bicyclic) bond motifs is 1. The molecule has 0 saturated heterocycles. The number of aliphatic carboxylic acids is 1. The number of rotatable bonds is 3. The molecule has 1 heterocycles. The summed E-state index contributed by atoms with van der Waals surface area (Å²) in [5.74, 6) is -1.50. The molecule has 88 valence electrons. The summed E-state index contributed by atoms with van der Waals surface area (Å²) < 4.78 is 0. The maximum Gasteiger partial charge on any atom is 0.322 e. The lowest BCUT2D eigenvalue weighted by molar-refractivity contribution is -0.135. The highest BCUT2D eigenvalue weighted by atomic mass is 16.4. The van der Waals surface area contributed by atoms with Gasteiger partial charge in [0.25, 0.3) is 5.91 Å². The number of aromatic nitrogens is 1. The Hall–Kier alpha value is -2.50. The fraction of sp³-hybridized carbons (Fsp3) is 0.0909. The molecule has 0 radical (unpaired) electrons. The fourth-order valence-corrected chi connectivity index (χ4v) is 1.49. The highest BCUT2D eigenvalue weighted by Gasteiger charge is 2.10. The molecule has 0 aliphatic carbocycles. The van der Waals surface area contributed by atoms with Crippen molar-refractivity contribution >= 4 is 22.8 Å². The molecule has 0 aliphatic heterocycles. The van der Waals surface area contributed by atoms with E-state index in [1.165, 1.54) is 12.1 Å². The molecule has 0 fully saturated rings. The number of carboxylic acid groups (broad SMARTS) is 1. The number of phenolic OH excluding ortho intramolecular Hbond substituents is 1. The van der Waals surface area contributed by atoms with Gasteiger partial charge in [-0.05, 0) is 24.3 Å². The van der Waals surface area contributed by atoms with Crippen molar-refractivity contribution in [1.29, 1.82) is 0 Å². The molecule has 1 aromatic carbocycles. The van der Waals surface area contributed by atoms with E-state index >= 15 is 0 Å². The molecule has 0 atom stereocenters. The van der Waals surface area contributed by atoms with Crippen LogP contribution in [0, 0.1) is 0 Å². The predicted octanol–water partition coefficient (Wildman–Crippen LogP) is 0.688. The van der Waals surface area contributed by atoms with Gasteiger partial charge in [0, 0.05) is 10.9 Å². The van der Waals surface area contributed by atoms with Gasteiger partial charge >= 0.3 is 5.97 Å². The topological polar surface area (TPSA) is 102 Å². The minimum absolute atomic E-state index is 0.106. The summed E-state index contributed by atoms with van der Waals surface area (Å²) in [6.07, 6.45) is 0. The molecule has 6 heteroatoms. The minimum atomic E-state index is -1.10. The highest BCUT2D eigenvalue weighted by Crippen LogP contribution is 2.20. The average Bonchev–Trinajstić information content (AvgIpc) is 2.68. The summed E-state index contributed by atoms with van der Waals surface area (Å²) in [6.45, 7) is -0.431. The average molecular weight is 234 g/mol. The second kappa shape index (κ2) is 4.17. The summed E-state index contributed by atoms with van der Waals surface area (Å²) in [6, 6.07) is 6.20. The lowest BCUT2D eigenvalue weighted by atomic mass is 10.2. The summed E-state index contributed by atoms with van der Waals surface area (Å²) in [5.41, 5.74) is 0.954. The third-order valence-corrected chi connectivity index (χ3v) is 2.25. The van der Waals surface area contributed by atoms with E-state index < -0.39 is 18.4 Å². The number of aromatic amines is 1. The van der Waals surface area contributed by atoms with E-state index in [4.69, 9.17) is 5.11 Å². The van der Waals surface area contributed by atoms with E-state index in [0.29, 0.717) is 10.9 Å². The zero-order valence-electron chi connectivity index (χ0n) is 8.73. The van der Waals surface area contributed by atoms with Gasteiger partial charge in [0.1, 0.15) is 18.0 Å². The van der Waals surface area contributed by atoms with Crippen molar-refractivity contribution in [2.75, 3.05) is 6.54 Å². The number of carbonyl (C=O) groups is 2. The first-order valence-electron chi connectivity index (χ1n) is 4.88. The molecule has 17 heavy (non-hydrogen) atoms. The van der Waals surface area contributed by atoms with Crippen LogP contribution in [-0.2, 0) is 4.79 Å². The van der Waals surface area contributed by atoms with Crippen molar-refractivity contribution in [3.8, 4) is 5.75 Å². The molecule has 1 amide bonds. The van der Waals surface area contributed by atoms with Gasteiger partial charge < -0.3 is 20.5 Å². The molecule has 2 rings (SSSR count). The van der Waals surface area contributed by atoms with Crippen LogP contribution in [0.1, 0.15) is 10.5 Å². The summed E-state index contributed by atoms with van der Waals surface area (Å²) in [4.78, 5) is 24.7. The van der Waals surface area contributed by atoms with Crippen LogP contribution in [-0.4, -0.2) is 33.6 Å². The number of carboxylic acids is 1. The molecular formula is C11H10N2O4. The van der Waals surface area contributed by atoms with Crippen LogP contribution in [0.2, 0.25) is 0 Å². The summed E-state index contributed by atoms with van der Waals surface area (Å²) in [7, 11) is 0. The van der Waals surface area contributed by atoms with Gasteiger partial charge in [-0.1, -0.05) is 0 Å². The van der Waals surface area contributed by atoms with Crippen LogP contribution in [0.15, 0.2) is 24.3 Å². The van der Waals surface area contributed by atoms with Crippen LogP contribution in [0.3, 0.4) is 0 Å². The van der Waals surface area contributed by atoms with E-state index in [9.17, 15) is 14.7 Å². The van der Waals surface area contributed by atoms with Crippen LogP contribution in [0.25, 0.3) is 10.9 Å². The van der Waals surface area contributed by atoms with Crippen molar-refractivity contribution in [2.24, 2.45) is 0 Å². The molecule has 0 aliphatic rings. The maximum atomic E-state index is 11.5. The SMILES string of the molecule is O=C(O)CNC(=O)c1cc2cc(O)ccc2[nH]1. The zero-order valence-corrected chi connectivity index (χ0v) is 8.73. The number of amides is 1. The van der Waals surface area contributed by atoms with Crippen LogP contribution >= 0.6 is 0 Å². The number of aromatic hydroxyl groups is 1. The Kier molecular flexibility index (Phi) is 2.70. The molecule has 0 unspecified atom stereocenters. The normalized spacial score (nSPS) is 10.4. The third-order valence-electron chi connectivity index (χ3n) is 2.25. The van der Waals surface area contributed by atoms with Crippen molar-refractivity contribution < 1.29 is 19.8 Å². The van der Waals surface area contributed by atoms with E-state index in [1.807, 2.05) is 0 Å². The summed E-state index contributed by atoms with van der Waals surface area (Å²) in [5, 5.41) is 20.6. The second-order valence-electron chi connectivity index (χ2n) is 3.53. The monoisotopic (exact) mass is 234 g/mol. The van der Waals surface area contributed by atoms with Gasteiger partial charge in [0.15, 0.2) is 0 Å². The lowest BCUT2D eigenvalue weighted by Crippen LogP contribution is -2.29. The van der Waals surface area contributed by atoms with Crippen LogP contribution < -0.4 is 5.32 Å². The molecule has 0 saturated carbocycles. The first-order chi connectivity index (χ1) is 8.06. The fourth-order valence-electron chi connectivity index (χ4n) is 1.49. The Morgan fingerprint density at radius 3 is 2.76 bits per heavy atom. The number of hydrogen-bond donors (Lipinski definition) is 4. The van der Waals surface area contributed by atoms with E-state index in [2.05, 4.69) is 10.3 Å². The highest BCUT2D eigenvalue weighted by molar-refractivity contribution is 5.99. The first-order valence-corrected chi connectivity index (χ1v) is 4.88. The van der Waals surface area contributed by atoms with E-state index in [-0.39, 0.29) is 11.4 Å². The Bertz CT molecular complexity index is 588. The lowest BCUT2D eigenvalue weighted by Gasteiger charge is -1.98. The molecule has 1 aromatic heterocycles. The number of carbonyl (C=O) groups excluding carboxylic acids is 1. The first kappa shape index (κ1) is 11.0. The number of benzene rings is 1. The maximum absolute atomic E-state index is 11.5. The smallest absolute Gasteiger partial charge is 0.322 e. The van der Waals surface area contributed by atoms with Gasteiger partial charge in [0.2, 0.25) is 0 Å². The number of phenols is 1. The number of hydrogen-bond acceptors (Lipinski definition) is 3. The number of H-pyrrole nitrogens is 1.